The van der Waals surface area contributed by atoms with Gasteiger partial charge in [0, 0.05) is 17.0 Å². The molecule has 0 unspecified atom stereocenters. The number of carbonyl (C=O) groups is 1. The second kappa shape index (κ2) is 3.91. The van der Waals surface area contributed by atoms with Crippen molar-refractivity contribution < 1.29 is 9.36 Å². The highest BCUT2D eigenvalue weighted by molar-refractivity contribution is 5.82. The molecule has 2 nitrogen and oxygen atoms in total. The Kier molecular flexibility index (Phi) is 3.04. The Morgan fingerprint density at radius 2 is 2.07 bits per heavy atom. The maximum atomic E-state index is 11.7. The fourth-order valence-corrected chi connectivity index (χ4v) is 1.15. The number of nitrogens with zero attached hydrogens (tertiary/aromatic N) is 1. The molecular weight excluding hydrogens is 174 g/mol. The summed E-state index contributed by atoms with van der Waals surface area (Å²) < 4.78 is 1.93. The molecule has 0 amide bonds. The highest BCUT2D eigenvalue weighted by Gasteiger charge is 2.24. The molecule has 0 fully saturated rings. The van der Waals surface area contributed by atoms with Crippen molar-refractivity contribution >= 4 is 5.78 Å². The van der Waals surface area contributed by atoms with E-state index in [1.165, 1.54) is 5.56 Å². The Labute approximate surface area is 85.6 Å². The van der Waals surface area contributed by atoms with Gasteiger partial charge in [0.15, 0.2) is 12.4 Å². The zero-order valence-corrected chi connectivity index (χ0v) is 9.37. The van der Waals surface area contributed by atoms with Crippen molar-refractivity contribution in [3.63, 3.8) is 0 Å². The predicted octanol–water partition coefficient (Wildman–Crippen LogP) is 1.90. The smallest absolute Gasteiger partial charge is 0.206 e. The van der Waals surface area contributed by atoms with Crippen LogP contribution in [-0.4, -0.2) is 5.78 Å². The van der Waals surface area contributed by atoms with Gasteiger partial charge in [-0.15, -0.1) is 0 Å². The predicted molar refractivity (Wildman–Crippen MR) is 55.8 cm³/mol. The van der Waals surface area contributed by atoms with E-state index in [-0.39, 0.29) is 11.2 Å². The van der Waals surface area contributed by atoms with Crippen molar-refractivity contribution in [2.45, 2.75) is 34.2 Å². The molecule has 1 aromatic heterocycles. The van der Waals surface area contributed by atoms with E-state index in [4.69, 9.17) is 0 Å². The Hall–Kier alpha value is -1.18. The largest absolute Gasteiger partial charge is 0.292 e. The van der Waals surface area contributed by atoms with Crippen LogP contribution in [0.25, 0.3) is 0 Å². The number of ketones is 1. The van der Waals surface area contributed by atoms with Gasteiger partial charge in [-0.05, 0) is 13.0 Å². The summed E-state index contributed by atoms with van der Waals surface area (Å²) in [4.78, 5) is 11.7. The lowest BCUT2D eigenvalue weighted by atomic mass is 9.91. The maximum Gasteiger partial charge on any atom is 0.206 e. The molecule has 1 heterocycles. The third kappa shape index (κ3) is 2.95. The summed E-state index contributed by atoms with van der Waals surface area (Å²) in [5.41, 5.74) is 0.922. The first-order valence-electron chi connectivity index (χ1n) is 4.88. The quantitative estimate of drug-likeness (QED) is 0.656. The molecule has 1 rings (SSSR count). The molecule has 0 radical (unpaired) electrons. The van der Waals surface area contributed by atoms with Crippen molar-refractivity contribution in [2.24, 2.45) is 5.41 Å². The second-order valence-electron chi connectivity index (χ2n) is 4.73. The van der Waals surface area contributed by atoms with Crippen molar-refractivity contribution in [3.05, 3.63) is 30.1 Å². The molecule has 0 saturated heterocycles. The van der Waals surface area contributed by atoms with E-state index in [1.807, 2.05) is 56.8 Å². The molecule has 0 aliphatic carbocycles. The Morgan fingerprint density at radius 1 is 1.43 bits per heavy atom. The number of rotatable bonds is 2. The second-order valence-corrected chi connectivity index (χ2v) is 4.73. The van der Waals surface area contributed by atoms with Crippen LogP contribution in [0.2, 0.25) is 0 Å². The van der Waals surface area contributed by atoms with Crippen LogP contribution in [0.3, 0.4) is 0 Å². The van der Waals surface area contributed by atoms with Gasteiger partial charge >= 0.3 is 0 Å². The lowest BCUT2D eigenvalue weighted by Crippen LogP contribution is -2.41. The van der Waals surface area contributed by atoms with Crippen LogP contribution in [0.1, 0.15) is 26.3 Å². The van der Waals surface area contributed by atoms with Crippen LogP contribution in [0.15, 0.2) is 24.5 Å². The zero-order chi connectivity index (χ0) is 10.8. The minimum atomic E-state index is -0.253. The topological polar surface area (TPSA) is 20.9 Å². The summed E-state index contributed by atoms with van der Waals surface area (Å²) in [6.07, 6.45) is 3.92. The fourth-order valence-electron chi connectivity index (χ4n) is 1.15. The van der Waals surface area contributed by atoms with E-state index >= 15 is 0 Å². The number of pyridine rings is 1. The number of Topliss-reactive ketones (excluding diaryl/α,β-unsaturated/α-hetero) is 1. The molecule has 0 saturated carbocycles. The van der Waals surface area contributed by atoms with E-state index in [2.05, 4.69) is 0 Å². The third-order valence-corrected chi connectivity index (χ3v) is 2.17. The van der Waals surface area contributed by atoms with Crippen LogP contribution in [0, 0.1) is 12.3 Å². The van der Waals surface area contributed by atoms with Gasteiger partial charge in [0.1, 0.15) is 0 Å². The monoisotopic (exact) mass is 192 g/mol. The molecule has 1 aromatic rings. The highest BCUT2D eigenvalue weighted by Crippen LogP contribution is 2.14. The normalized spacial score (nSPS) is 11.4. The van der Waals surface area contributed by atoms with Gasteiger partial charge in [0.05, 0.1) is 0 Å². The van der Waals surface area contributed by atoms with Crippen molar-refractivity contribution in [1.82, 2.24) is 0 Å². The van der Waals surface area contributed by atoms with Crippen molar-refractivity contribution in [1.29, 1.82) is 0 Å². The minimum absolute atomic E-state index is 0.253. The van der Waals surface area contributed by atoms with Gasteiger partial charge in [0.25, 0.3) is 0 Å². The molecule has 14 heavy (non-hydrogen) atoms. The SMILES string of the molecule is Cc1ccc[n+](CC(=O)C(C)(C)C)c1. The van der Waals surface area contributed by atoms with Crippen LogP contribution in [0.5, 0.6) is 0 Å². The third-order valence-electron chi connectivity index (χ3n) is 2.17. The molecule has 0 N–H and O–H groups in total. The fraction of sp³-hybridized carbons (Fsp3) is 0.500. The average molecular weight is 192 g/mol. The lowest BCUT2D eigenvalue weighted by Gasteiger charge is -2.13. The van der Waals surface area contributed by atoms with Gasteiger partial charge in [-0.1, -0.05) is 20.8 Å². The lowest BCUT2D eigenvalue weighted by molar-refractivity contribution is -0.685. The van der Waals surface area contributed by atoms with Gasteiger partial charge in [0.2, 0.25) is 12.3 Å². The molecule has 0 spiro atoms. The first kappa shape index (κ1) is 10.9. The maximum absolute atomic E-state index is 11.7. The van der Waals surface area contributed by atoms with E-state index in [0.29, 0.717) is 6.54 Å². The van der Waals surface area contributed by atoms with Crippen molar-refractivity contribution in [2.75, 3.05) is 0 Å². The van der Waals surface area contributed by atoms with E-state index in [0.717, 1.165) is 0 Å². The molecule has 0 aromatic carbocycles. The molecular formula is C12H18NO+. The number of hydrogen-bond acceptors (Lipinski definition) is 1. The van der Waals surface area contributed by atoms with Gasteiger partial charge in [-0.2, -0.15) is 4.57 Å². The summed E-state index contributed by atoms with van der Waals surface area (Å²) in [6, 6.07) is 3.99. The van der Waals surface area contributed by atoms with Crippen LogP contribution in [0.4, 0.5) is 0 Å². The average Bonchev–Trinajstić information content (AvgIpc) is 2.02. The molecule has 2 heteroatoms. The summed E-state index contributed by atoms with van der Waals surface area (Å²) in [5.74, 6) is 0.258. The number of hydrogen-bond donors (Lipinski definition) is 0. The number of aryl methyl sites for hydroxylation is 1. The molecule has 0 aliphatic rings. The molecule has 76 valence electrons. The number of carbonyl (C=O) groups excluding carboxylic acids is 1. The Balaban J connectivity index is 2.75. The number of aromatic nitrogens is 1. The van der Waals surface area contributed by atoms with Gasteiger partial charge < -0.3 is 0 Å². The Morgan fingerprint density at radius 3 is 2.57 bits per heavy atom. The van der Waals surface area contributed by atoms with E-state index < -0.39 is 0 Å². The zero-order valence-electron chi connectivity index (χ0n) is 9.37. The Bertz CT molecular complexity index is 336. The van der Waals surface area contributed by atoms with Crippen molar-refractivity contribution in [3.8, 4) is 0 Å². The van der Waals surface area contributed by atoms with Crippen LogP contribution in [-0.2, 0) is 11.3 Å². The summed E-state index contributed by atoms with van der Waals surface area (Å²) in [7, 11) is 0. The van der Waals surface area contributed by atoms with Crippen LogP contribution >= 0.6 is 0 Å². The standard InChI is InChI=1S/C12H18NO/c1-10-6-5-7-13(8-10)9-11(14)12(2,3)4/h5-8H,9H2,1-4H3/q+1. The first-order valence-corrected chi connectivity index (χ1v) is 4.88. The van der Waals surface area contributed by atoms with Gasteiger partial charge in [-0.25, -0.2) is 0 Å². The summed E-state index contributed by atoms with van der Waals surface area (Å²) in [6.45, 7) is 8.34. The summed E-state index contributed by atoms with van der Waals surface area (Å²) >= 11 is 0. The molecule has 0 bridgehead atoms. The van der Waals surface area contributed by atoms with E-state index in [9.17, 15) is 4.79 Å². The van der Waals surface area contributed by atoms with Gasteiger partial charge in [-0.3, -0.25) is 4.79 Å². The summed E-state index contributed by atoms with van der Waals surface area (Å²) in [5, 5.41) is 0. The molecule has 0 aliphatic heterocycles. The minimum Gasteiger partial charge on any atom is -0.292 e. The molecule has 0 atom stereocenters. The first-order chi connectivity index (χ1) is 6.39. The highest BCUT2D eigenvalue weighted by atomic mass is 16.1. The van der Waals surface area contributed by atoms with E-state index in [1.54, 1.807) is 0 Å². The van der Waals surface area contributed by atoms with Crippen LogP contribution < -0.4 is 4.57 Å².